The molecular weight excluding hydrogens is 733 g/mol. The van der Waals surface area contributed by atoms with Crippen LogP contribution in [0.4, 0.5) is 0 Å². The van der Waals surface area contributed by atoms with Gasteiger partial charge in [-0.1, -0.05) is 125 Å². The van der Waals surface area contributed by atoms with E-state index in [2.05, 4.69) is 13.2 Å². The van der Waals surface area contributed by atoms with E-state index in [-0.39, 0.29) is 37.6 Å². The van der Waals surface area contributed by atoms with Gasteiger partial charge < -0.3 is 18.9 Å². The van der Waals surface area contributed by atoms with Crippen LogP contribution in [0.1, 0.15) is 135 Å². The fourth-order valence-corrected chi connectivity index (χ4v) is 6.43. The number of hydrogen-bond acceptors (Lipinski definition) is 9. The maximum absolute atomic E-state index is 12.7. The first kappa shape index (κ1) is 48.4. The van der Waals surface area contributed by atoms with Gasteiger partial charge in [-0.15, -0.1) is 0 Å². The van der Waals surface area contributed by atoms with Gasteiger partial charge in [-0.3, -0.25) is 28.2 Å². The van der Waals surface area contributed by atoms with E-state index in [1.807, 2.05) is 69.7 Å². The highest BCUT2D eigenvalue weighted by molar-refractivity contribution is 7.47. The Bertz CT molecular complexity index is 1550. The lowest BCUT2D eigenvalue weighted by Gasteiger charge is -2.24. The number of quaternary nitrogens is 1. The number of hydrogen-bond donors (Lipinski definition) is 1. The molecule has 11 nitrogen and oxygen atoms in total. The Balaban J connectivity index is 1.67. The van der Waals surface area contributed by atoms with E-state index >= 15 is 0 Å². The Morgan fingerprint density at radius 1 is 0.625 bits per heavy atom. The van der Waals surface area contributed by atoms with E-state index < -0.39 is 32.5 Å². The number of likely N-dealkylation sites (N-methyl/N-ethyl adjacent to an activating group) is 1. The first-order valence-electron chi connectivity index (χ1n) is 20.0. The molecule has 0 radical (unpaired) electrons. The van der Waals surface area contributed by atoms with Crippen molar-refractivity contribution in [2.45, 2.75) is 109 Å². The molecule has 2 rings (SSSR count). The number of phosphoric acid groups is 1. The van der Waals surface area contributed by atoms with Gasteiger partial charge in [0.15, 0.2) is 17.7 Å². The molecule has 56 heavy (non-hydrogen) atoms. The third-order valence-corrected chi connectivity index (χ3v) is 10.2. The first-order valence-corrected chi connectivity index (χ1v) is 21.5. The zero-order chi connectivity index (χ0) is 41.2. The lowest BCUT2D eigenvalue weighted by atomic mass is 10.0. The normalized spacial score (nSPS) is 13.0. The van der Waals surface area contributed by atoms with Crippen molar-refractivity contribution in [3.05, 3.63) is 83.9 Å². The van der Waals surface area contributed by atoms with Crippen LogP contribution in [0.2, 0.25) is 0 Å². The van der Waals surface area contributed by atoms with Gasteiger partial charge in [0.25, 0.3) is 0 Å². The Kier molecular flexibility index (Phi) is 23.3. The summed E-state index contributed by atoms with van der Waals surface area (Å²) >= 11 is 0. The van der Waals surface area contributed by atoms with Crippen molar-refractivity contribution in [1.82, 2.24) is 0 Å². The summed E-state index contributed by atoms with van der Waals surface area (Å²) in [6.45, 7) is 7.12. The van der Waals surface area contributed by atoms with Crippen LogP contribution < -0.4 is 0 Å². The van der Waals surface area contributed by atoms with Gasteiger partial charge in [0, 0.05) is 36.8 Å². The molecule has 0 fully saturated rings. The Labute approximate surface area is 334 Å². The van der Waals surface area contributed by atoms with Crippen molar-refractivity contribution >= 4 is 43.5 Å². The summed E-state index contributed by atoms with van der Waals surface area (Å²) < 4.78 is 34.1. The van der Waals surface area contributed by atoms with E-state index in [4.69, 9.17) is 18.5 Å². The van der Waals surface area contributed by atoms with E-state index in [0.717, 1.165) is 75.3 Å². The van der Waals surface area contributed by atoms with Crippen LogP contribution in [0.3, 0.4) is 0 Å². The number of carbonyl (C=O) groups excluding carboxylic acids is 4. The van der Waals surface area contributed by atoms with E-state index in [1.165, 1.54) is 0 Å². The minimum absolute atomic E-state index is 0.0140. The number of carbonyl (C=O) groups is 4. The van der Waals surface area contributed by atoms with E-state index in [9.17, 15) is 28.6 Å². The molecule has 12 heteroatoms. The molecule has 310 valence electrons. The van der Waals surface area contributed by atoms with Crippen molar-refractivity contribution < 1.29 is 51.6 Å². The van der Waals surface area contributed by atoms with Gasteiger partial charge in [-0.05, 0) is 36.8 Å². The molecule has 0 bridgehead atoms. The highest BCUT2D eigenvalue weighted by atomic mass is 31.2. The number of unbranched alkanes of at least 4 members (excludes halogenated alkanes) is 10. The van der Waals surface area contributed by atoms with Crippen LogP contribution in [0, 0.1) is 0 Å². The molecule has 2 aromatic rings. The molecular formula is C44H65NO10P+. The van der Waals surface area contributed by atoms with Crippen LogP contribution in [0.15, 0.2) is 61.7 Å². The van der Waals surface area contributed by atoms with Crippen LogP contribution >= 0.6 is 7.82 Å². The molecule has 1 N–H and O–H groups in total. The Morgan fingerprint density at radius 2 is 1.04 bits per heavy atom. The highest BCUT2D eigenvalue weighted by Gasteiger charge is 2.27. The van der Waals surface area contributed by atoms with Gasteiger partial charge in [0.05, 0.1) is 27.7 Å². The van der Waals surface area contributed by atoms with Gasteiger partial charge in [-0.2, -0.15) is 0 Å². The standard InChI is InChI=1S/C44H64NO10P/c1-6-36-24-28-38(29-25-36)41(46)20-16-12-8-10-14-18-22-43(48)52-34-40(35-54-56(50,51)53-33-32-45(3,4)5)55-44(49)23-19-15-11-9-13-17-21-42(47)39-30-26-37(7-2)27-31-39/h6-7,24-31,40H,1-2,8-23,32-35H2,3-5H3/p+1/t40-/m1/s1. The molecule has 0 aliphatic carbocycles. The van der Waals surface area contributed by atoms with Gasteiger partial charge in [0.2, 0.25) is 0 Å². The lowest BCUT2D eigenvalue weighted by molar-refractivity contribution is -0.870. The third kappa shape index (κ3) is 22.7. The molecule has 0 aromatic heterocycles. The van der Waals surface area contributed by atoms with Crippen LogP contribution in [0.5, 0.6) is 0 Å². The molecule has 0 amide bonds. The fourth-order valence-electron chi connectivity index (χ4n) is 5.69. The van der Waals surface area contributed by atoms with Crippen LogP contribution in [-0.2, 0) is 32.7 Å². The number of rotatable bonds is 32. The molecule has 1 unspecified atom stereocenters. The molecule has 0 aliphatic rings. The monoisotopic (exact) mass is 798 g/mol. The molecule has 0 saturated heterocycles. The molecule has 2 atom stereocenters. The largest absolute Gasteiger partial charge is 0.472 e. The number of esters is 2. The Morgan fingerprint density at radius 3 is 1.46 bits per heavy atom. The van der Waals surface area contributed by atoms with Gasteiger partial charge in [0.1, 0.15) is 19.8 Å². The maximum Gasteiger partial charge on any atom is 0.472 e. The second-order valence-corrected chi connectivity index (χ2v) is 16.6. The van der Waals surface area contributed by atoms with Crippen molar-refractivity contribution in [1.29, 1.82) is 0 Å². The third-order valence-electron chi connectivity index (χ3n) is 9.17. The quantitative estimate of drug-likeness (QED) is 0.0250. The first-order chi connectivity index (χ1) is 26.7. The second kappa shape index (κ2) is 27.0. The van der Waals surface area contributed by atoms with Crippen LogP contribution in [0.25, 0.3) is 12.2 Å². The van der Waals surface area contributed by atoms with Crippen LogP contribution in [-0.4, -0.2) is 86.5 Å². The van der Waals surface area contributed by atoms with Crippen molar-refractivity contribution in [2.24, 2.45) is 0 Å². The number of phosphoric ester groups is 1. The van der Waals surface area contributed by atoms with Crippen molar-refractivity contribution in [3.8, 4) is 0 Å². The summed E-state index contributed by atoms with van der Waals surface area (Å²) in [6.07, 6.45) is 13.8. The second-order valence-electron chi connectivity index (χ2n) is 15.1. The number of ketones is 2. The maximum atomic E-state index is 12.7. The zero-order valence-corrected chi connectivity index (χ0v) is 34.8. The molecule has 0 spiro atoms. The number of benzene rings is 2. The lowest BCUT2D eigenvalue weighted by Crippen LogP contribution is -2.37. The smallest absolute Gasteiger partial charge is 0.462 e. The molecule has 0 saturated carbocycles. The summed E-state index contributed by atoms with van der Waals surface area (Å²) in [5.41, 5.74) is 3.37. The summed E-state index contributed by atoms with van der Waals surface area (Å²) in [6, 6.07) is 14.8. The Hall–Kier alpha value is -3.73. The average molecular weight is 799 g/mol. The minimum atomic E-state index is -4.44. The summed E-state index contributed by atoms with van der Waals surface area (Å²) in [7, 11) is 1.32. The van der Waals surface area contributed by atoms with Gasteiger partial charge in [-0.25, -0.2) is 4.57 Å². The van der Waals surface area contributed by atoms with Gasteiger partial charge >= 0.3 is 19.8 Å². The van der Waals surface area contributed by atoms with E-state index in [0.29, 0.717) is 47.8 Å². The van der Waals surface area contributed by atoms with E-state index in [1.54, 1.807) is 12.2 Å². The SMILES string of the molecule is C=Cc1ccc(C(=O)CCCCCCCCC(=O)OC[C@H](COP(=O)(O)OCC[N+](C)(C)C)OC(=O)CCCCCCCCC(=O)c2ccc(C=C)cc2)cc1. The summed E-state index contributed by atoms with van der Waals surface area (Å²) in [5, 5.41) is 0. The highest BCUT2D eigenvalue weighted by Crippen LogP contribution is 2.43. The topological polar surface area (TPSA) is 143 Å². The number of nitrogens with zero attached hydrogens (tertiary/aromatic N) is 1. The molecule has 0 aliphatic heterocycles. The fraction of sp³-hybridized carbons (Fsp3) is 0.545. The molecule has 0 heterocycles. The summed E-state index contributed by atoms with van der Waals surface area (Å²) in [4.78, 5) is 60.2. The van der Waals surface area contributed by atoms with Crippen molar-refractivity contribution in [3.63, 3.8) is 0 Å². The van der Waals surface area contributed by atoms with Crippen molar-refractivity contribution in [2.75, 3.05) is 47.5 Å². The number of Topliss-reactive ketones (excluding diaryl/α,β-unsaturated/α-hetero) is 2. The molecule has 2 aromatic carbocycles. The minimum Gasteiger partial charge on any atom is -0.462 e. The number of ether oxygens (including phenoxy) is 2. The predicted octanol–water partition coefficient (Wildman–Crippen LogP) is 9.57. The average Bonchev–Trinajstić information content (AvgIpc) is 3.17. The predicted molar refractivity (Wildman–Crippen MR) is 221 cm³/mol. The summed E-state index contributed by atoms with van der Waals surface area (Å²) in [5.74, 6) is -0.723. The zero-order valence-electron chi connectivity index (χ0n) is 33.9.